The van der Waals surface area contributed by atoms with E-state index in [0.717, 1.165) is 6.42 Å². The van der Waals surface area contributed by atoms with Crippen molar-refractivity contribution in [2.24, 2.45) is 0 Å². The summed E-state index contributed by atoms with van der Waals surface area (Å²) in [6.45, 7) is 1.47. The molecule has 2 aromatic rings. The number of nitrogens with zero attached hydrogens (tertiary/aromatic N) is 5. The number of rotatable bonds is 4. The van der Waals surface area contributed by atoms with Gasteiger partial charge in [-0.3, -0.25) is 10.1 Å². The standard InChI is InChI=1S/C17H22N6O2/c1-21(2)15(24)11-23-12-18-16(20-23)19-17(25)22-9-8-14(10-22)13-6-4-3-5-7-13/h3-7,12,14H,8-11H2,1-2H3,(H,19,20,25)/t14-/m0/s1. The van der Waals surface area contributed by atoms with Crippen LogP contribution in [0.5, 0.6) is 0 Å². The predicted molar refractivity (Wildman–Crippen MR) is 93.1 cm³/mol. The van der Waals surface area contributed by atoms with Gasteiger partial charge in [0, 0.05) is 33.1 Å². The Bertz CT molecular complexity index is 743. The highest BCUT2D eigenvalue weighted by Crippen LogP contribution is 2.27. The Hall–Kier alpha value is -2.90. The number of amides is 3. The summed E-state index contributed by atoms with van der Waals surface area (Å²) < 4.78 is 1.41. The predicted octanol–water partition coefficient (Wildman–Crippen LogP) is 1.39. The van der Waals surface area contributed by atoms with E-state index >= 15 is 0 Å². The first-order chi connectivity index (χ1) is 12.0. The molecule has 0 radical (unpaired) electrons. The molecule has 8 nitrogen and oxygen atoms in total. The van der Waals surface area contributed by atoms with Crippen LogP contribution in [0.15, 0.2) is 36.7 Å². The number of carbonyl (C=O) groups is 2. The van der Waals surface area contributed by atoms with Gasteiger partial charge in [0.1, 0.15) is 12.9 Å². The zero-order valence-corrected chi connectivity index (χ0v) is 14.4. The summed E-state index contributed by atoms with van der Waals surface area (Å²) >= 11 is 0. The molecule has 1 N–H and O–H groups in total. The summed E-state index contributed by atoms with van der Waals surface area (Å²) in [5, 5.41) is 6.82. The lowest BCUT2D eigenvalue weighted by atomic mass is 9.99. The molecular formula is C17H22N6O2. The molecule has 3 rings (SSSR count). The summed E-state index contributed by atoms with van der Waals surface area (Å²) in [4.78, 5) is 31.3. The number of hydrogen-bond acceptors (Lipinski definition) is 4. The Morgan fingerprint density at radius 3 is 2.76 bits per heavy atom. The van der Waals surface area contributed by atoms with Crippen LogP contribution in [0.1, 0.15) is 17.9 Å². The van der Waals surface area contributed by atoms with Crippen LogP contribution >= 0.6 is 0 Å². The molecular weight excluding hydrogens is 320 g/mol. The topological polar surface area (TPSA) is 83.4 Å². The zero-order valence-electron chi connectivity index (χ0n) is 14.4. The number of nitrogens with one attached hydrogen (secondary N) is 1. The SMILES string of the molecule is CN(C)C(=O)Cn1cnc(NC(=O)N2CC[C@H](c3ccccc3)C2)n1. The molecule has 2 heterocycles. The third kappa shape index (κ3) is 4.14. The van der Waals surface area contributed by atoms with Gasteiger partial charge >= 0.3 is 6.03 Å². The molecule has 25 heavy (non-hydrogen) atoms. The van der Waals surface area contributed by atoms with Gasteiger partial charge < -0.3 is 9.80 Å². The second-order valence-electron chi connectivity index (χ2n) is 6.33. The number of carbonyl (C=O) groups excluding carboxylic acids is 2. The van der Waals surface area contributed by atoms with E-state index in [2.05, 4.69) is 27.5 Å². The number of hydrogen-bond donors (Lipinski definition) is 1. The van der Waals surface area contributed by atoms with Gasteiger partial charge in [0.15, 0.2) is 0 Å². The number of likely N-dealkylation sites (N-methyl/N-ethyl adjacent to an activating group) is 1. The second-order valence-corrected chi connectivity index (χ2v) is 6.33. The van der Waals surface area contributed by atoms with E-state index in [-0.39, 0.29) is 24.4 Å². The molecule has 0 spiro atoms. The highest BCUT2D eigenvalue weighted by atomic mass is 16.2. The van der Waals surface area contributed by atoms with Crippen LogP contribution < -0.4 is 5.32 Å². The molecule has 1 aromatic heterocycles. The molecule has 3 amide bonds. The summed E-state index contributed by atoms with van der Waals surface area (Å²) in [7, 11) is 3.36. The third-order valence-electron chi connectivity index (χ3n) is 4.30. The van der Waals surface area contributed by atoms with Crippen LogP contribution in [0.3, 0.4) is 0 Å². The van der Waals surface area contributed by atoms with Crippen molar-refractivity contribution in [3.05, 3.63) is 42.2 Å². The highest BCUT2D eigenvalue weighted by molar-refractivity contribution is 5.87. The quantitative estimate of drug-likeness (QED) is 0.910. The van der Waals surface area contributed by atoms with E-state index in [4.69, 9.17) is 0 Å². The molecule has 132 valence electrons. The molecule has 1 atom stereocenters. The maximum atomic E-state index is 12.4. The fourth-order valence-electron chi connectivity index (χ4n) is 2.82. The van der Waals surface area contributed by atoms with Crippen molar-refractivity contribution < 1.29 is 9.59 Å². The molecule has 1 saturated heterocycles. The molecule has 0 unspecified atom stereocenters. The minimum absolute atomic E-state index is 0.0898. The Labute approximate surface area is 146 Å². The van der Waals surface area contributed by atoms with Crippen molar-refractivity contribution in [2.75, 3.05) is 32.5 Å². The van der Waals surface area contributed by atoms with Crippen LogP contribution in [0.4, 0.5) is 10.7 Å². The summed E-state index contributed by atoms with van der Waals surface area (Å²) in [5.74, 6) is 0.475. The van der Waals surface area contributed by atoms with Gasteiger partial charge in [0.2, 0.25) is 11.9 Å². The van der Waals surface area contributed by atoms with Gasteiger partial charge in [-0.05, 0) is 12.0 Å². The van der Waals surface area contributed by atoms with E-state index < -0.39 is 0 Å². The Morgan fingerprint density at radius 1 is 1.28 bits per heavy atom. The van der Waals surface area contributed by atoms with Crippen LogP contribution in [-0.2, 0) is 11.3 Å². The lowest BCUT2D eigenvalue weighted by Gasteiger charge is -2.16. The number of anilines is 1. The second kappa shape index (κ2) is 7.33. The monoisotopic (exact) mass is 342 g/mol. The first-order valence-corrected chi connectivity index (χ1v) is 8.23. The van der Waals surface area contributed by atoms with Gasteiger partial charge in [-0.2, -0.15) is 0 Å². The molecule has 0 bridgehead atoms. The highest BCUT2D eigenvalue weighted by Gasteiger charge is 2.27. The van der Waals surface area contributed by atoms with Gasteiger partial charge in [-0.15, -0.1) is 5.10 Å². The normalized spacial score (nSPS) is 16.7. The van der Waals surface area contributed by atoms with Crippen molar-refractivity contribution in [2.45, 2.75) is 18.9 Å². The Morgan fingerprint density at radius 2 is 2.04 bits per heavy atom. The first kappa shape index (κ1) is 16.9. The molecule has 1 aliphatic rings. The lowest BCUT2D eigenvalue weighted by molar-refractivity contribution is -0.129. The maximum absolute atomic E-state index is 12.4. The van der Waals surface area contributed by atoms with E-state index in [1.165, 1.54) is 21.5 Å². The molecule has 0 saturated carbocycles. The van der Waals surface area contributed by atoms with Crippen LogP contribution in [-0.4, -0.2) is 63.7 Å². The maximum Gasteiger partial charge on any atom is 0.324 e. The van der Waals surface area contributed by atoms with Crippen molar-refractivity contribution >= 4 is 17.9 Å². The van der Waals surface area contributed by atoms with Gasteiger partial charge in [-0.25, -0.2) is 14.5 Å². The van der Waals surface area contributed by atoms with Crippen molar-refractivity contribution in [3.8, 4) is 0 Å². The van der Waals surface area contributed by atoms with E-state index in [1.807, 2.05) is 18.2 Å². The number of benzene rings is 1. The molecule has 1 fully saturated rings. The zero-order chi connectivity index (χ0) is 17.8. The van der Waals surface area contributed by atoms with Crippen LogP contribution in [0.25, 0.3) is 0 Å². The average Bonchev–Trinajstić information content (AvgIpc) is 3.25. The molecule has 0 aliphatic carbocycles. The number of likely N-dealkylation sites (tertiary alicyclic amines) is 1. The van der Waals surface area contributed by atoms with Gasteiger partial charge in [-0.1, -0.05) is 30.3 Å². The minimum atomic E-state index is -0.213. The van der Waals surface area contributed by atoms with Crippen molar-refractivity contribution in [3.63, 3.8) is 0 Å². The van der Waals surface area contributed by atoms with Crippen molar-refractivity contribution in [1.82, 2.24) is 24.6 Å². The Kier molecular flexibility index (Phi) is 4.97. The largest absolute Gasteiger partial charge is 0.347 e. The average molecular weight is 342 g/mol. The summed E-state index contributed by atoms with van der Waals surface area (Å²) in [5.41, 5.74) is 1.25. The lowest BCUT2D eigenvalue weighted by Crippen LogP contribution is -2.33. The smallest absolute Gasteiger partial charge is 0.324 e. The molecule has 1 aromatic carbocycles. The first-order valence-electron chi connectivity index (χ1n) is 8.23. The molecule has 1 aliphatic heterocycles. The van der Waals surface area contributed by atoms with Crippen LogP contribution in [0.2, 0.25) is 0 Å². The number of aromatic nitrogens is 3. The van der Waals surface area contributed by atoms with Gasteiger partial charge in [0.05, 0.1) is 0 Å². The number of urea groups is 1. The summed E-state index contributed by atoms with van der Waals surface area (Å²) in [6.07, 6.45) is 2.38. The van der Waals surface area contributed by atoms with E-state index in [9.17, 15) is 9.59 Å². The third-order valence-corrected chi connectivity index (χ3v) is 4.30. The summed E-state index contributed by atoms with van der Waals surface area (Å²) in [6, 6.07) is 10.0. The molecule has 8 heteroatoms. The fraction of sp³-hybridized carbons (Fsp3) is 0.412. The fourth-order valence-corrected chi connectivity index (χ4v) is 2.82. The minimum Gasteiger partial charge on any atom is -0.347 e. The Balaban J connectivity index is 1.55. The van der Waals surface area contributed by atoms with Crippen molar-refractivity contribution in [1.29, 1.82) is 0 Å². The van der Waals surface area contributed by atoms with E-state index in [0.29, 0.717) is 19.0 Å². The van der Waals surface area contributed by atoms with Gasteiger partial charge in [0.25, 0.3) is 0 Å². The van der Waals surface area contributed by atoms with E-state index in [1.54, 1.807) is 19.0 Å². The van der Waals surface area contributed by atoms with Crippen LogP contribution in [0, 0.1) is 0 Å².